The zero-order chi connectivity index (χ0) is 10.7. The predicted molar refractivity (Wildman–Crippen MR) is 55.8 cm³/mol. The van der Waals surface area contributed by atoms with Crippen molar-refractivity contribution in [2.75, 3.05) is 0 Å². The fourth-order valence-electron chi connectivity index (χ4n) is 0.988. The van der Waals surface area contributed by atoms with Crippen LogP contribution < -0.4 is 0 Å². The van der Waals surface area contributed by atoms with Crippen LogP contribution in [0, 0.1) is 0 Å². The summed E-state index contributed by atoms with van der Waals surface area (Å²) < 4.78 is 5.85. The summed E-state index contributed by atoms with van der Waals surface area (Å²) in [5.74, 6) is 0. The third-order valence-corrected chi connectivity index (χ3v) is 2.95. The second-order valence-electron chi connectivity index (χ2n) is 4.57. The number of rotatable bonds is 5. The minimum absolute atomic E-state index is 0.0978. The summed E-state index contributed by atoms with van der Waals surface area (Å²) in [5, 5.41) is 9.72. The average molecular weight is 188 g/mol. The Kier molecular flexibility index (Phi) is 4.40. The van der Waals surface area contributed by atoms with Gasteiger partial charge in [0, 0.05) is 0 Å². The Bertz CT molecular complexity index is 143. The van der Waals surface area contributed by atoms with Crippen molar-refractivity contribution in [1.29, 1.82) is 0 Å². The van der Waals surface area contributed by atoms with Gasteiger partial charge in [-0.2, -0.15) is 0 Å². The number of aliphatic hydroxyl groups is 1. The second-order valence-corrected chi connectivity index (χ2v) is 4.57. The number of hydrogen-bond acceptors (Lipinski definition) is 2. The predicted octanol–water partition coefficient (Wildman–Crippen LogP) is 2.74. The molecule has 0 rings (SSSR count). The standard InChI is InChI=1S/C11H24O2/c1-7-11(6,8-2)13-9(3)10(4,5)12/h9,12H,7-8H2,1-6H3. The van der Waals surface area contributed by atoms with Crippen LogP contribution in [0.15, 0.2) is 0 Å². The highest BCUT2D eigenvalue weighted by Gasteiger charge is 2.30. The first-order valence-electron chi connectivity index (χ1n) is 5.15. The molecule has 0 amide bonds. The topological polar surface area (TPSA) is 29.5 Å². The smallest absolute Gasteiger partial charge is 0.0849 e. The molecule has 0 aromatic heterocycles. The van der Waals surface area contributed by atoms with E-state index in [1.54, 1.807) is 13.8 Å². The number of hydrogen-bond donors (Lipinski definition) is 1. The molecule has 0 heterocycles. The van der Waals surface area contributed by atoms with E-state index in [0.29, 0.717) is 0 Å². The second kappa shape index (κ2) is 4.43. The van der Waals surface area contributed by atoms with Gasteiger partial charge in [0.1, 0.15) is 0 Å². The van der Waals surface area contributed by atoms with Crippen molar-refractivity contribution < 1.29 is 9.84 Å². The Morgan fingerprint density at radius 3 is 1.77 bits per heavy atom. The van der Waals surface area contributed by atoms with Gasteiger partial charge in [-0.05, 0) is 40.5 Å². The van der Waals surface area contributed by atoms with Gasteiger partial charge in [0.25, 0.3) is 0 Å². The van der Waals surface area contributed by atoms with Crippen LogP contribution in [0.3, 0.4) is 0 Å². The summed E-state index contributed by atoms with van der Waals surface area (Å²) in [4.78, 5) is 0. The normalized spacial score (nSPS) is 15.9. The molecule has 1 unspecified atom stereocenters. The van der Waals surface area contributed by atoms with Gasteiger partial charge in [-0.3, -0.25) is 0 Å². The lowest BCUT2D eigenvalue weighted by atomic mass is 9.97. The molecular weight excluding hydrogens is 164 g/mol. The summed E-state index contributed by atoms with van der Waals surface area (Å²) >= 11 is 0. The molecule has 0 aliphatic carbocycles. The molecule has 0 aliphatic heterocycles. The Morgan fingerprint density at radius 1 is 1.15 bits per heavy atom. The van der Waals surface area contributed by atoms with Crippen molar-refractivity contribution >= 4 is 0 Å². The third-order valence-electron chi connectivity index (χ3n) is 2.95. The van der Waals surface area contributed by atoms with Crippen LogP contribution in [0.25, 0.3) is 0 Å². The Balaban J connectivity index is 4.25. The molecule has 1 N–H and O–H groups in total. The van der Waals surface area contributed by atoms with E-state index < -0.39 is 5.60 Å². The maximum Gasteiger partial charge on any atom is 0.0849 e. The van der Waals surface area contributed by atoms with E-state index in [1.807, 2.05) is 6.92 Å². The minimum atomic E-state index is -0.758. The first-order chi connectivity index (χ1) is 5.75. The van der Waals surface area contributed by atoms with Gasteiger partial charge in [-0.15, -0.1) is 0 Å². The van der Waals surface area contributed by atoms with Crippen LogP contribution in [0.5, 0.6) is 0 Å². The van der Waals surface area contributed by atoms with Gasteiger partial charge < -0.3 is 9.84 Å². The lowest BCUT2D eigenvalue weighted by Crippen LogP contribution is -2.42. The van der Waals surface area contributed by atoms with Crippen molar-refractivity contribution in [2.45, 2.75) is 71.7 Å². The van der Waals surface area contributed by atoms with E-state index in [4.69, 9.17) is 4.74 Å². The molecule has 0 radical (unpaired) electrons. The summed E-state index contributed by atoms with van der Waals surface area (Å²) in [5.41, 5.74) is -0.856. The van der Waals surface area contributed by atoms with E-state index in [9.17, 15) is 5.11 Å². The summed E-state index contributed by atoms with van der Waals surface area (Å²) in [7, 11) is 0. The van der Waals surface area contributed by atoms with Gasteiger partial charge in [-0.1, -0.05) is 13.8 Å². The van der Waals surface area contributed by atoms with Crippen molar-refractivity contribution in [2.24, 2.45) is 0 Å². The van der Waals surface area contributed by atoms with Crippen molar-refractivity contribution in [3.8, 4) is 0 Å². The zero-order valence-corrected chi connectivity index (χ0v) is 9.85. The van der Waals surface area contributed by atoms with Crippen LogP contribution in [-0.4, -0.2) is 22.4 Å². The maximum absolute atomic E-state index is 9.72. The molecule has 0 fully saturated rings. The molecule has 2 nitrogen and oxygen atoms in total. The Hall–Kier alpha value is -0.0800. The van der Waals surface area contributed by atoms with Gasteiger partial charge in [0.2, 0.25) is 0 Å². The van der Waals surface area contributed by atoms with Gasteiger partial charge in [0.15, 0.2) is 0 Å². The molecule has 0 saturated heterocycles. The molecule has 80 valence electrons. The van der Waals surface area contributed by atoms with Crippen LogP contribution in [0.1, 0.15) is 54.4 Å². The molecule has 2 heteroatoms. The highest BCUT2D eigenvalue weighted by molar-refractivity contribution is 4.80. The minimum Gasteiger partial charge on any atom is -0.388 e. The van der Waals surface area contributed by atoms with E-state index in [0.717, 1.165) is 12.8 Å². The quantitative estimate of drug-likeness (QED) is 0.719. The molecule has 0 spiro atoms. The molecule has 0 aromatic rings. The van der Waals surface area contributed by atoms with Crippen LogP contribution in [0.2, 0.25) is 0 Å². The summed E-state index contributed by atoms with van der Waals surface area (Å²) in [6, 6.07) is 0. The van der Waals surface area contributed by atoms with E-state index in [1.165, 1.54) is 0 Å². The molecule has 0 aromatic carbocycles. The van der Waals surface area contributed by atoms with Crippen LogP contribution >= 0.6 is 0 Å². The van der Waals surface area contributed by atoms with Crippen LogP contribution in [-0.2, 0) is 4.74 Å². The third kappa shape index (κ3) is 4.10. The van der Waals surface area contributed by atoms with E-state index >= 15 is 0 Å². The number of ether oxygens (including phenoxy) is 1. The largest absolute Gasteiger partial charge is 0.388 e. The monoisotopic (exact) mass is 188 g/mol. The molecule has 13 heavy (non-hydrogen) atoms. The highest BCUT2D eigenvalue weighted by atomic mass is 16.5. The Labute approximate surface area is 82.3 Å². The van der Waals surface area contributed by atoms with Crippen molar-refractivity contribution in [3.63, 3.8) is 0 Å². The van der Waals surface area contributed by atoms with Crippen LogP contribution in [0.4, 0.5) is 0 Å². The highest BCUT2D eigenvalue weighted by Crippen LogP contribution is 2.25. The molecule has 1 atom stereocenters. The average Bonchev–Trinajstić information content (AvgIpc) is 2.02. The van der Waals surface area contributed by atoms with Crippen molar-refractivity contribution in [1.82, 2.24) is 0 Å². The summed E-state index contributed by atoms with van der Waals surface area (Å²) in [6.07, 6.45) is 1.82. The lowest BCUT2D eigenvalue weighted by Gasteiger charge is -2.36. The van der Waals surface area contributed by atoms with Crippen molar-refractivity contribution in [3.05, 3.63) is 0 Å². The zero-order valence-electron chi connectivity index (χ0n) is 9.85. The molecule has 0 bridgehead atoms. The van der Waals surface area contributed by atoms with Gasteiger partial charge >= 0.3 is 0 Å². The fraction of sp³-hybridized carbons (Fsp3) is 1.00. The molecular formula is C11H24O2. The van der Waals surface area contributed by atoms with E-state index in [2.05, 4.69) is 20.8 Å². The molecule has 0 saturated carbocycles. The SMILES string of the molecule is CCC(C)(CC)OC(C)C(C)(C)O. The molecule has 0 aliphatic rings. The first-order valence-corrected chi connectivity index (χ1v) is 5.15. The Morgan fingerprint density at radius 2 is 1.54 bits per heavy atom. The summed E-state index contributed by atoms with van der Waals surface area (Å²) in [6.45, 7) is 11.8. The van der Waals surface area contributed by atoms with E-state index in [-0.39, 0.29) is 11.7 Å². The maximum atomic E-state index is 9.72. The fourth-order valence-corrected chi connectivity index (χ4v) is 0.988. The van der Waals surface area contributed by atoms with Gasteiger partial charge in [0.05, 0.1) is 17.3 Å². The first kappa shape index (κ1) is 12.9. The van der Waals surface area contributed by atoms with Gasteiger partial charge in [-0.25, -0.2) is 0 Å². The lowest BCUT2D eigenvalue weighted by molar-refractivity contribution is -0.152.